The van der Waals surface area contributed by atoms with Crippen LogP contribution in [0, 0.1) is 0 Å². The minimum atomic E-state index is -3.91. The number of rotatable bonds is 7. The molecule has 3 N–H and O–H groups in total. The van der Waals surface area contributed by atoms with Crippen LogP contribution < -0.4 is 15.2 Å². The smallest absolute Gasteiger partial charge is 0.255 e. The van der Waals surface area contributed by atoms with E-state index >= 15 is 0 Å². The van der Waals surface area contributed by atoms with E-state index in [4.69, 9.17) is 9.88 Å². The summed E-state index contributed by atoms with van der Waals surface area (Å²) in [5.74, 6) is -0.0851. The van der Waals surface area contributed by atoms with Crippen molar-refractivity contribution >= 4 is 15.9 Å². The number of carbonyl (C=O) groups is 1. The molecule has 8 heteroatoms. The van der Waals surface area contributed by atoms with Gasteiger partial charge in [-0.2, -0.15) is 0 Å². The fourth-order valence-corrected chi connectivity index (χ4v) is 4.25. The third-order valence-electron chi connectivity index (χ3n) is 5.39. The second-order valence-electron chi connectivity index (χ2n) is 7.17. The molecule has 0 aliphatic carbocycles. The monoisotopic (exact) mass is 417 g/mol. The van der Waals surface area contributed by atoms with Gasteiger partial charge in [-0.15, -0.1) is 0 Å². The molecule has 3 rings (SSSR count). The van der Waals surface area contributed by atoms with Crippen molar-refractivity contribution < 1.29 is 17.9 Å². The Hall–Kier alpha value is -2.42. The Morgan fingerprint density at radius 2 is 1.97 bits per heavy atom. The van der Waals surface area contributed by atoms with E-state index in [1.807, 2.05) is 0 Å². The van der Waals surface area contributed by atoms with Crippen LogP contribution in [0.5, 0.6) is 5.75 Å². The molecule has 0 spiro atoms. The molecule has 0 bridgehead atoms. The number of carbonyl (C=O) groups excluding carboxylic acids is 1. The fraction of sp³-hybridized carbons (Fsp3) is 0.381. The summed E-state index contributed by atoms with van der Waals surface area (Å²) in [6.07, 6.45) is 1.88. The van der Waals surface area contributed by atoms with Gasteiger partial charge in [0.2, 0.25) is 10.0 Å². The first kappa shape index (κ1) is 21.3. The van der Waals surface area contributed by atoms with Crippen LogP contribution in [0.3, 0.4) is 0 Å². The number of sulfonamides is 1. The standard InChI is InChI=1S/C21H27N3O4S/c1-3-17(24-11-10-15-6-4-5-7-16(15)14-24)13-23-21(25)19-12-18(29(22,26)27)8-9-20(19)28-2/h4-9,12,17H,3,10-11,13-14H2,1-2H3,(H,23,25)(H2,22,26,27)/t17-/m0/s1. The molecule has 0 saturated carbocycles. The Balaban J connectivity index is 1.71. The average Bonchev–Trinajstić information content (AvgIpc) is 2.72. The normalized spacial score (nSPS) is 15.4. The van der Waals surface area contributed by atoms with E-state index in [1.165, 1.54) is 36.4 Å². The molecule has 7 nitrogen and oxygen atoms in total. The highest BCUT2D eigenvalue weighted by atomic mass is 32.2. The molecule has 1 heterocycles. The highest BCUT2D eigenvalue weighted by molar-refractivity contribution is 7.89. The predicted octanol–water partition coefficient (Wildman–Crippen LogP) is 1.91. The van der Waals surface area contributed by atoms with E-state index in [0.717, 1.165) is 25.9 Å². The molecular weight excluding hydrogens is 390 g/mol. The third kappa shape index (κ3) is 4.95. The topological polar surface area (TPSA) is 102 Å². The number of primary sulfonamides is 1. The van der Waals surface area contributed by atoms with Crippen LogP contribution in [0.15, 0.2) is 47.4 Å². The van der Waals surface area contributed by atoms with Gasteiger partial charge in [-0.3, -0.25) is 9.69 Å². The first-order valence-electron chi connectivity index (χ1n) is 9.63. The van der Waals surface area contributed by atoms with Crippen LogP contribution in [0.2, 0.25) is 0 Å². The van der Waals surface area contributed by atoms with Crippen molar-refractivity contribution in [3.05, 3.63) is 59.2 Å². The van der Waals surface area contributed by atoms with Crippen molar-refractivity contribution in [3.8, 4) is 5.75 Å². The predicted molar refractivity (Wildman–Crippen MR) is 111 cm³/mol. The van der Waals surface area contributed by atoms with E-state index in [1.54, 1.807) is 0 Å². The Morgan fingerprint density at radius 3 is 2.62 bits per heavy atom. The SMILES string of the molecule is CC[C@@H](CNC(=O)c1cc(S(N)(=O)=O)ccc1OC)N1CCc2ccccc2C1. The molecule has 0 unspecified atom stereocenters. The Bertz CT molecular complexity index is 991. The number of nitrogens with one attached hydrogen (secondary N) is 1. The van der Waals surface area contributed by atoms with Crippen molar-refractivity contribution in [2.75, 3.05) is 20.2 Å². The van der Waals surface area contributed by atoms with Crippen LogP contribution in [-0.4, -0.2) is 45.5 Å². The molecule has 2 aromatic rings. The zero-order valence-electron chi connectivity index (χ0n) is 16.7. The van der Waals surface area contributed by atoms with E-state index < -0.39 is 10.0 Å². The molecule has 2 aromatic carbocycles. The maximum absolute atomic E-state index is 12.8. The van der Waals surface area contributed by atoms with Gasteiger partial charge >= 0.3 is 0 Å². The summed E-state index contributed by atoms with van der Waals surface area (Å²) in [5.41, 5.74) is 2.86. The lowest BCUT2D eigenvalue weighted by molar-refractivity contribution is 0.0923. The highest BCUT2D eigenvalue weighted by Gasteiger charge is 2.24. The van der Waals surface area contributed by atoms with Gasteiger partial charge in [-0.1, -0.05) is 31.2 Å². The molecule has 1 atom stereocenters. The van der Waals surface area contributed by atoms with Crippen LogP contribution in [0.25, 0.3) is 0 Å². The lowest BCUT2D eigenvalue weighted by atomic mass is 9.98. The summed E-state index contributed by atoms with van der Waals surface area (Å²) < 4.78 is 28.5. The second-order valence-corrected chi connectivity index (χ2v) is 8.73. The van der Waals surface area contributed by atoms with Gasteiger partial charge in [0.25, 0.3) is 5.91 Å². The first-order valence-corrected chi connectivity index (χ1v) is 11.2. The highest BCUT2D eigenvalue weighted by Crippen LogP contribution is 2.23. The number of nitrogens with zero attached hydrogens (tertiary/aromatic N) is 1. The van der Waals surface area contributed by atoms with Gasteiger partial charge in [-0.05, 0) is 42.2 Å². The van der Waals surface area contributed by atoms with Crippen LogP contribution in [0.4, 0.5) is 0 Å². The van der Waals surface area contributed by atoms with Gasteiger partial charge in [0.1, 0.15) is 5.75 Å². The number of hydrogen-bond donors (Lipinski definition) is 2. The fourth-order valence-electron chi connectivity index (χ4n) is 3.71. The number of nitrogens with two attached hydrogens (primary N) is 1. The minimum Gasteiger partial charge on any atom is -0.496 e. The number of ether oxygens (including phenoxy) is 1. The van der Waals surface area contributed by atoms with Crippen LogP contribution >= 0.6 is 0 Å². The molecule has 1 amide bonds. The number of fused-ring (bicyclic) bond motifs is 1. The quantitative estimate of drug-likeness (QED) is 0.717. The summed E-state index contributed by atoms with van der Waals surface area (Å²) in [6, 6.07) is 12.6. The maximum atomic E-state index is 12.8. The third-order valence-corrected chi connectivity index (χ3v) is 6.30. The van der Waals surface area contributed by atoms with Crippen LogP contribution in [-0.2, 0) is 23.0 Å². The molecule has 156 valence electrons. The maximum Gasteiger partial charge on any atom is 0.255 e. The van der Waals surface area contributed by atoms with E-state index in [0.29, 0.717) is 12.3 Å². The van der Waals surface area contributed by atoms with Crippen molar-refractivity contribution in [1.29, 1.82) is 0 Å². The van der Waals surface area contributed by atoms with Crippen molar-refractivity contribution in [3.63, 3.8) is 0 Å². The average molecular weight is 418 g/mol. The number of benzene rings is 2. The Labute approximate surface area is 171 Å². The van der Waals surface area contributed by atoms with Crippen LogP contribution in [0.1, 0.15) is 34.8 Å². The van der Waals surface area contributed by atoms with Gasteiger partial charge in [0.05, 0.1) is 17.6 Å². The Kier molecular flexibility index (Phi) is 6.56. The summed E-state index contributed by atoms with van der Waals surface area (Å²) in [4.78, 5) is 15.0. The lowest BCUT2D eigenvalue weighted by Crippen LogP contribution is -2.45. The van der Waals surface area contributed by atoms with Gasteiger partial charge in [0, 0.05) is 25.7 Å². The summed E-state index contributed by atoms with van der Waals surface area (Å²) >= 11 is 0. The number of hydrogen-bond acceptors (Lipinski definition) is 5. The summed E-state index contributed by atoms with van der Waals surface area (Å²) in [6.45, 7) is 4.35. The Morgan fingerprint density at radius 1 is 1.24 bits per heavy atom. The summed E-state index contributed by atoms with van der Waals surface area (Å²) in [5, 5.41) is 8.12. The van der Waals surface area contributed by atoms with Crippen molar-refractivity contribution in [2.24, 2.45) is 5.14 Å². The van der Waals surface area contributed by atoms with E-state index in [9.17, 15) is 13.2 Å². The van der Waals surface area contributed by atoms with Gasteiger partial charge in [0.15, 0.2) is 0 Å². The molecule has 1 aliphatic heterocycles. The second kappa shape index (κ2) is 8.94. The first-order chi connectivity index (χ1) is 13.8. The minimum absolute atomic E-state index is 0.122. The lowest BCUT2D eigenvalue weighted by Gasteiger charge is -2.35. The molecular formula is C21H27N3O4S. The summed E-state index contributed by atoms with van der Waals surface area (Å²) in [7, 11) is -2.48. The number of methoxy groups -OCH3 is 1. The van der Waals surface area contributed by atoms with E-state index in [-0.39, 0.29) is 22.4 Å². The van der Waals surface area contributed by atoms with E-state index in [2.05, 4.69) is 41.4 Å². The zero-order chi connectivity index (χ0) is 21.0. The molecule has 0 saturated heterocycles. The molecule has 1 aliphatic rings. The molecule has 0 aromatic heterocycles. The zero-order valence-corrected chi connectivity index (χ0v) is 17.5. The van der Waals surface area contributed by atoms with Crippen molar-refractivity contribution in [2.45, 2.75) is 37.2 Å². The van der Waals surface area contributed by atoms with Gasteiger partial charge in [-0.25, -0.2) is 13.6 Å². The molecule has 29 heavy (non-hydrogen) atoms. The molecule has 0 fully saturated rings. The van der Waals surface area contributed by atoms with Gasteiger partial charge < -0.3 is 10.1 Å². The number of amides is 1. The van der Waals surface area contributed by atoms with Crippen molar-refractivity contribution in [1.82, 2.24) is 10.2 Å². The largest absolute Gasteiger partial charge is 0.496 e. The molecule has 0 radical (unpaired) electrons.